The van der Waals surface area contributed by atoms with Crippen LogP contribution in [0.3, 0.4) is 0 Å². The summed E-state index contributed by atoms with van der Waals surface area (Å²) in [4.78, 5) is 18.0. The number of aromatic nitrogens is 1. The number of amides is 1. The van der Waals surface area contributed by atoms with E-state index in [1.807, 2.05) is 39.8 Å². The van der Waals surface area contributed by atoms with Gasteiger partial charge in [-0.05, 0) is 41.7 Å². The third-order valence-corrected chi connectivity index (χ3v) is 4.49. The molecule has 0 radical (unpaired) electrons. The highest BCUT2D eigenvalue weighted by molar-refractivity contribution is 5.97. The number of hydrogen-bond acceptors (Lipinski definition) is 4. The van der Waals surface area contributed by atoms with Crippen molar-refractivity contribution in [2.24, 2.45) is 5.84 Å². The number of anilines is 1. The summed E-state index contributed by atoms with van der Waals surface area (Å²) in [7, 11) is 0. The molecule has 1 aliphatic rings. The summed E-state index contributed by atoms with van der Waals surface area (Å²) >= 11 is 0. The Morgan fingerprint density at radius 3 is 2.44 bits per heavy atom. The van der Waals surface area contributed by atoms with Crippen molar-refractivity contribution in [3.8, 4) is 0 Å². The number of pyridine rings is 1. The average Bonchev–Trinajstić information content (AvgIpc) is 2.49. The number of benzene rings is 1. The lowest BCUT2D eigenvalue weighted by Crippen LogP contribution is -2.56. The fourth-order valence-corrected chi connectivity index (χ4v) is 3.12. The van der Waals surface area contributed by atoms with Gasteiger partial charge in [0.15, 0.2) is 0 Å². The summed E-state index contributed by atoms with van der Waals surface area (Å²) in [5.74, 6) is 2.13. The first kappa shape index (κ1) is 17.5. The topological polar surface area (TPSA) is 71.2 Å². The Balaban J connectivity index is 2.21. The number of carbonyl (C=O) groups is 1. The Bertz CT molecular complexity index is 850. The van der Waals surface area contributed by atoms with Gasteiger partial charge >= 0.3 is 0 Å². The average molecular weight is 348 g/mol. The number of halogens is 2. The number of fused-ring (bicyclic) bond motifs is 1. The Morgan fingerprint density at radius 2 is 1.92 bits per heavy atom. The third kappa shape index (κ3) is 3.16. The summed E-state index contributed by atoms with van der Waals surface area (Å²) in [5.41, 5.74) is 5.28. The van der Waals surface area contributed by atoms with E-state index >= 15 is 0 Å². The number of rotatable bonds is 2. The highest BCUT2D eigenvalue weighted by Crippen LogP contribution is 2.38. The fourth-order valence-electron chi connectivity index (χ4n) is 3.12. The molecule has 1 aliphatic heterocycles. The number of hydrogen-bond donors (Lipinski definition) is 2. The van der Waals surface area contributed by atoms with Crippen molar-refractivity contribution in [1.82, 2.24) is 10.4 Å². The predicted octanol–water partition coefficient (Wildman–Crippen LogP) is 2.90. The van der Waals surface area contributed by atoms with E-state index in [1.54, 1.807) is 11.0 Å². The second-order valence-electron chi connectivity index (χ2n) is 7.65. The van der Waals surface area contributed by atoms with E-state index in [4.69, 9.17) is 5.84 Å². The van der Waals surface area contributed by atoms with Crippen molar-refractivity contribution < 1.29 is 13.6 Å². The minimum absolute atomic E-state index is 0.237. The maximum Gasteiger partial charge on any atom is 0.283 e. The molecule has 7 heteroatoms. The summed E-state index contributed by atoms with van der Waals surface area (Å²) in [6, 6.07) is 5.42. The van der Waals surface area contributed by atoms with E-state index in [0.717, 1.165) is 22.2 Å². The number of nitrogens with two attached hydrogens (primary N) is 1. The molecule has 0 aliphatic carbocycles. The smallest absolute Gasteiger partial charge is 0.283 e. The van der Waals surface area contributed by atoms with Crippen LogP contribution in [0.4, 0.5) is 14.5 Å². The molecule has 1 aromatic carbocycles. The van der Waals surface area contributed by atoms with Gasteiger partial charge in [-0.1, -0.05) is 20.8 Å². The van der Waals surface area contributed by atoms with Crippen LogP contribution in [0.1, 0.15) is 42.4 Å². The molecule has 1 saturated heterocycles. The van der Waals surface area contributed by atoms with Gasteiger partial charge in [-0.25, -0.2) is 19.6 Å². The van der Waals surface area contributed by atoms with Crippen molar-refractivity contribution in [3.63, 3.8) is 0 Å². The van der Waals surface area contributed by atoms with Crippen molar-refractivity contribution in [2.45, 2.75) is 39.0 Å². The van der Waals surface area contributed by atoms with Gasteiger partial charge in [-0.3, -0.25) is 10.2 Å². The van der Waals surface area contributed by atoms with Crippen LogP contribution in [0.15, 0.2) is 18.2 Å². The van der Waals surface area contributed by atoms with Crippen molar-refractivity contribution in [1.29, 1.82) is 0 Å². The van der Waals surface area contributed by atoms with E-state index in [9.17, 15) is 13.6 Å². The lowest BCUT2D eigenvalue weighted by Gasteiger charge is -2.41. The number of aryl methyl sites for hydroxylation is 1. The zero-order chi connectivity index (χ0) is 18.6. The number of alkyl halides is 2. The first-order chi connectivity index (χ1) is 11.5. The van der Waals surface area contributed by atoms with Gasteiger partial charge in [-0.2, -0.15) is 0 Å². The molecule has 0 unspecified atom stereocenters. The van der Waals surface area contributed by atoms with Crippen LogP contribution < -0.4 is 16.2 Å². The maximum absolute atomic E-state index is 13.3. The van der Waals surface area contributed by atoms with Crippen LogP contribution in [0.5, 0.6) is 0 Å². The molecular weight excluding hydrogens is 326 g/mol. The van der Waals surface area contributed by atoms with Gasteiger partial charge < -0.3 is 4.90 Å². The molecule has 2 aromatic rings. The van der Waals surface area contributed by atoms with E-state index in [0.29, 0.717) is 5.52 Å². The SMILES string of the molecule is Cc1cc(C(=O)NN)nc2c(C(C)(C)C)cc(N3CC(F)(F)C3)cc12. The molecule has 1 fully saturated rings. The first-order valence-electron chi connectivity index (χ1n) is 8.11. The molecule has 25 heavy (non-hydrogen) atoms. The number of carbonyl (C=O) groups excluding carboxylic acids is 1. The van der Waals surface area contributed by atoms with E-state index < -0.39 is 11.8 Å². The quantitative estimate of drug-likeness (QED) is 0.497. The zero-order valence-corrected chi connectivity index (χ0v) is 14.8. The zero-order valence-electron chi connectivity index (χ0n) is 14.8. The molecule has 134 valence electrons. The number of nitrogens with one attached hydrogen (secondary N) is 1. The second-order valence-corrected chi connectivity index (χ2v) is 7.65. The Kier molecular flexibility index (Phi) is 3.95. The van der Waals surface area contributed by atoms with Crippen molar-refractivity contribution in [3.05, 3.63) is 35.0 Å². The minimum atomic E-state index is -2.63. The summed E-state index contributed by atoms with van der Waals surface area (Å²) in [6.45, 7) is 7.41. The number of nitrogen functional groups attached to an aromatic ring is 1. The normalized spacial score (nSPS) is 16.7. The third-order valence-electron chi connectivity index (χ3n) is 4.49. The first-order valence-corrected chi connectivity index (χ1v) is 8.11. The Labute approximate surface area is 145 Å². The molecule has 3 rings (SSSR count). The van der Waals surface area contributed by atoms with Gasteiger partial charge in [0, 0.05) is 11.1 Å². The standard InChI is InChI=1S/C18H22F2N4O/c1-10-5-14(16(25)23-21)22-15-12(10)6-11(7-13(15)17(2,3)4)24-8-18(19,20)9-24/h5-7H,8-9,21H2,1-4H3,(H,23,25). The summed E-state index contributed by atoms with van der Waals surface area (Å²) in [6.07, 6.45) is 0. The summed E-state index contributed by atoms with van der Waals surface area (Å²) < 4.78 is 26.5. The van der Waals surface area contributed by atoms with Crippen molar-refractivity contribution >= 4 is 22.5 Å². The molecule has 0 atom stereocenters. The predicted molar refractivity (Wildman–Crippen MR) is 94.0 cm³/mol. The van der Waals surface area contributed by atoms with E-state index in [2.05, 4.69) is 10.4 Å². The van der Waals surface area contributed by atoms with E-state index in [1.165, 1.54) is 0 Å². The van der Waals surface area contributed by atoms with Gasteiger partial charge in [0.05, 0.1) is 18.6 Å². The molecular formula is C18H22F2N4O. The molecule has 0 saturated carbocycles. The minimum Gasteiger partial charge on any atom is -0.359 e. The molecule has 5 nitrogen and oxygen atoms in total. The largest absolute Gasteiger partial charge is 0.359 e. The van der Waals surface area contributed by atoms with Crippen LogP contribution in [0, 0.1) is 6.92 Å². The van der Waals surface area contributed by atoms with Gasteiger partial charge in [0.1, 0.15) is 5.69 Å². The molecule has 0 spiro atoms. The molecule has 0 bridgehead atoms. The van der Waals surface area contributed by atoms with Gasteiger partial charge in [0.25, 0.3) is 11.8 Å². The van der Waals surface area contributed by atoms with Crippen LogP contribution in [0.2, 0.25) is 0 Å². The maximum atomic E-state index is 13.3. The van der Waals surface area contributed by atoms with Gasteiger partial charge in [0.2, 0.25) is 0 Å². The second kappa shape index (κ2) is 5.62. The summed E-state index contributed by atoms with van der Waals surface area (Å²) in [5, 5.41) is 0.853. The molecule has 1 amide bonds. The highest BCUT2D eigenvalue weighted by Gasteiger charge is 2.44. The fraction of sp³-hybridized carbons (Fsp3) is 0.444. The van der Waals surface area contributed by atoms with Crippen molar-refractivity contribution in [2.75, 3.05) is 18.0 Å². The number of hydrazine groups is 1. The molecule has 1 aromatic heterocycles. The monoisotopic (exact) mass is 348 g/mol. The van der Waals surface area contributed by atoms with E-state index in [-0.39, 0.29) is 24.2 Å². The van der Waals surface area contributed by atoms with Crippen LogP contribution in [-0.2, 0) is 5.41 Å². The van der Waals surface area contributed by atoms with Crippen LogP contribution in [-0.4, -0.2) is 29.9 Å². The van der Waals surface area contributed by atoms with Crippen LogP contribution >= 0.6 is 0 Å². The number of nitrogens with zero attached hydrogens (tertiary/aromatic N) is 2. The Morgan fingerprint density at radius 1 is 1.28 bits per heavy atom. The lowest BCUT2D eigenvalue weighted by molar-refractivity contribution is -0.0262. The lowest BCUT2D eigenvalue weighted by atomic mass is 9.84. The van der Waals surface area contributed by atoms with Crippen LogP contribution in [0.25, 0.3) is 10.9 Å². The Hall–Kier alpha value is -2.28. The highest BCUT2D eigenvalue weighted by atomic mass is 19.3. The molecule has 2 heterocycles. The molecule has 3 N–H and O–H groups in total. The van der Waals surface area contributed by atoms with Gasteiger partial charge in [-0.15, -0.1) is 0 Å².